The lowest BCUT2D eigenvalue weighted by molar-refractivity contribution is -0.153. The Morgan fingerprint density at radius 3 is 2.70 bits per heavy atom. The number of benzene rings is 1. The molecule has 9 nitrogen and oxygen atoms in total. The smallest absolute Gasteiger partial charge is 0.359 e. The second-order valence-electron chi connectivity index (χ2n) is 9.89. The predicted molar refractivity (Wildman–Crippen MR) is 121 cm³/mol. The molecule has 1 saturated heterocycles. The molecule has 2 aromatic rings. The van der Waals surface area contributed by atoms with Crippen molar-refractivity contribution in [2.45, 2.75) is 63.5 Å². The molecule has 13 heteroatoms. The number of rotatable bonds is 4. The van der Waals surface area contributed by atoms with Crippen molar-refractivity contribution in [3.8, 4) is 0 Å². The number of carbonyl (C=O) groups is 2. The lowest BCUT2D eigenvalue weighted by Crippen LogP contribution is -2.60. The van der Waals surface area contributed by atoms with E-state index < -0.39 is 36.0 Å². The van der Waals surface area contributed by atoms with Crippen LogP contribution in [0.3, 0.4) is 0 Å². The number of fused-ring (bicyclic) bond motifs is 2. The van der Waals surface area contributed by atoms with Gasteiger partial charge in [0.25, 0.3) is 5.91 Å². The third-order valence-corrected chi connectivity index (χ3v) is 7.76. The molecule has 5 rings (SSSR count). The molecular formula is C24H28F4N6O3. The molecule has 0 bridgehead atoms. The minimum Gasteiger partial charge on any atom is -0.359 e. The first-order chi connectivity index (χ1) is 17.6. The Morgan fingerprint density at radius 1 is 1.22 bits per heavy atom. The Balaban J connectivity index is 1.40. The van der Waals surface area contributed by atoms with E-state index in [0.29, 0.717) is 12.0 Å². The lowest BCUT2D eigenvalue weighted by atomic mass is 9.72. The Labute approximate surface area is 210 Å². The third kappa shape index (κ3) is 4.58. The van der Waals surface area contributed by atoms with Gasteiger partial charge >= 0.3 is 6.18 Å². The van der Waals surface area contributed by atoms with E-state index in [1.807, 2.05) is 0 Å². The highest BCUT2D eigenvalue weighted by molar-refractivity contribution is 5.95. The van der Waals surface area contributed by atoms with Crippen LogP contribution < -0.4 is 10.9 Å². The van der Waals surface area contributed by atoms with Gasteiger partial charge in [-0.2, -0.15) is 13.2 Å². The second-order valence-corrected chi connectivity index (χ2v) is 9.89. The van der Waals surface area contributed by atoms with Crippen molar-refractivity contribution in [2.75, 3.05) is 13.7 Å². The highest BCUT2D eigenvalue weighted by atomic mass is 19.4. The molecule has 2 aliphatic heterocycles. The second kappa shape index (κ2) is 9.67. The largest absolute Gasteiger partial charge is 0.451 e. The van der Waals surface area contributed by atoms with Crippen LogP contribution in [-0.2, 0) is 22.1 Å². The molecule has 3 heterocycles. The molecule has 1 aromatic heterocycles. The molecule has 0 spiro atoms. The monoisotopic (exact) mass is 524 g/mol. The van der Waals surface area contributed by atoms with Gasteiger partial charge in [0.05, 0.1) is 18.2 Å². The highest BCUT2D eigenvalue weighted by Crippen LogP contribution is 2.38. The molecule has 1 aromatic carbocycles. The number of halogens is 4. The van der Waals surface area contributed by atoms with Crippen LogP contribution in [0.25, 0.3) is 0 Å². The van der Waals surface area contributed by atoms with E-state index in [2.05, 4.69) is 21.0 Å². The molecule has 37 heavy (non-hydrogen) atoms. The number of nitrogens with zero attached hydrogens (tertiary/aromatic N) is 4. The summed E-state index contributed by atoms with van der Waals surface area (Å²) in [5.41, 5.74) is 6.33. The summed E-state index contributed by atoms with van der Waals surface area (Å²) >= 11 is 0. The van der Waals surface area contributed by atoms with Gasteiger partial charge in [0, 0.05) is 19.1 Å². The van der Waals surface area contributed by atoms with Crippen molar-refractivity contribution in [1.29, 1.82) is 0 Å². The van der Waals surface area contributed by atoms with Crippen molar-refractivity contribution in [2.24, 2.45) is 11.8 Å². The molecular weight excluding hydrogens is 496 g/mol. The first-order valence-electron chi connectivity index (χ1n) is 12.3. The maximum atomic E-state index is 14.9. The SMILES string of the molecule is COC1CN(C(=O)c2cc(CC3NNC(=O)C4CCCCC34)ccc2F)C(C)c2nnc(C(F)(F)F)n21. The van der Waals surface area contributed by atoms with Crippen molar-refractivity contribution in [1.82, 2.24) is 30.5 Å². The van der Waals surface area contributed by atoms with E-state index in [9.17, 15) is 27.2 Å². The summed E-state index contributed by atoms with van der Waals surface area (Å²) in [5, 5.41) is 6.95. The Hall–Kier alpha value is -3.06. The fraction of sp³-hybridized carbons (Fsp3) is 0.583. The van der Waals surface area contributed by atoms with Gasteiger partial charge in [-0.25, -0.2) is 9.82 Å². The minimum atomic E-state index is -4.75. The van der Waals surface area contributed by atoms with Gasteiger partial charge < -0.3 is 9.64 Å². The lowest BCUT2D eigenvalue weighted by Gasteiger charge is -2.41. The number of ether oxygens (including phenoxy) is 1. The number of alkyl halides is 3. The summed E-state index contributed by atoms with van der Waals surface area (Å²) in [7, 11) is 1.23. The van der Waals surface area contributed by atoms with Crippen molar-refractivity contribution >= 4 is 11.8 Å². The molecule has 2 N–H and O–H groups in total. The first-order valence-corrected chi connectivity index (χ1v) is 12.3. The number of hydrogen-bond acceptors (Lipinski definition) is 6. The van der Waals surface area contributed by atoms with Crippen LogP contribution in [0.2, 0.25) is 0 Å². The normalized spacial score (nSPS) is 27.9. The summed E-state index contributed by atoms with van der Waals surface area (Å²) in [5.74, 6) is -2.67. The van der Waals surface area contributed by atoms with Crippen molar-refractivity contribution < 1.29 is 31.9 Å². The van der Waals surface area contributed by atoms with Crippen LogP contribution in [0.15, 0.2) is 18.2 Å². The number of hydrogen-bond donors (Lipinski definition) is 2. The van der Waals surface area contributed by atoms with Gasteiger partial charge in [-0.1, -0.05) is 18.9 Å². The Morgan fingerprint density at radius 2 is 1.97 bits per heavy atom. The maximum absolute atomic E-state index is 14.9. The van der Waals surface area contributed by atoms with Gasteiger partial charge in [0.15, 0.2) is 12.1 Å². The molecule has 0 radical (unpaired) electrons. The Kier molecular flexibility index (Phi) is 6.69. The van der Waals surface area contributed by atoms with E-state index in [0.717, 1.165) is 30.3 Å². The zero-order valence-electron chi connectivity index (χ0n) is 20.4. The summed E-state index contributed by atoms with van der Waals surface area (Å²) in [6, 6.07) is 3.33. The van der Waals surface area contributed by atoms with E-state index >= 15 is 0 Å². The predicted octanol–water partition coefficient (Wildman–Crippen LogP) is 3.15. The molecule has 5 unspecified atom stereocenters. The van der Waals surface area contributed by atoms with Crippen LogP contribution in [-0.4, -0.2) is 51.2 Å². The zero-order valence-corrected chi connectivity index (χ0v) is 20.4. The molecule has 2 amide bonds. The molecule has 1 saturated carbocycles. The van der Waals surface area contributed by atoms with Gasteiger partial charge in [0.1, 0.15) is 5.82 Å². The van der Waals surface area contributed by atoms with E-state index in [4.69, 9.17) is 4.74 Å². The average molecular weight is 525 g/mol. The van der Waals surface area contributed by atoms with Gasteiger partial charge in [-0.05, 0) is 49.8 Å². The van der Waals surface area contributed by atoms with Gasteiger partial charge in [-0.15, -0.1) is 10.2 Å². The summed E-state index contributed by atoms with van der Waals surface area (Å²) < 4.78 is 61.3. The van der Waals surface area contributed by atoms with Crippen LogP contribution in [0.5, 0.6) is 0 Å². The zero-order chi connectivity index (χ0) is 26.5. The highest BCUT2D eigenvalue weighted by Gasteiger charge is 2.45. The van der Waals surface area contributed by atoms with E-state index in [-0.39, 0.29) is 41.7 Å². The number of nitrogens with one attached hydrogen (secondary N) is 2. The molecule has 200 valence electrons. The first kappa shape index (κ1) is 25.6. The fourth-order valence-electron chi connectivity index (χ4n) is 5.86. The summed E-state index contributed by atoms with van der Waals surface area (Å²) in [6.45, 7) is 1.28. The van der Waals surface area contributed by atoms with E-state index in [1.54, 1.807) is 6.07 Å². The summed E-state index contributed by atoms with van der Waals surface area (Å²) in [6.07, 6.45) is -1.69. The van der Waals surface area contributed by atoms with Crippen LogP contribution in [0.4, 0.5) is 17.6 Å². The maximum Gasteiger partial charge on any atom is 0.451 e. The number of aromatic nitrogens is 3. The van der Waals surface area contributed by atoms with Crippen molar-refractivity contribution in [3.05, 3.63) is 46.8 Å². The average Bonchev–Trinajstić information content (AvgIpc) is 3.34. The van der Waals surface area contributed by atoms with Gasteiger partial charge in [0.2, 0.25) is 11.7 Å². The minimum absolute atomic E-state index is 0.00997. The van der Waals surface area contributed by atoms with Crippen molar-refractivity contribution in [3.63, 3.8) is 0 Å². The number of hydrazine groups is 1. The molecule has 2 fully saturated rings. The molecule has 5 atom stereocenters. The number of carbonyl (C=O) groups excluding carboxylic acids is 2. The van der Waals surface area contributed by atoms with Crippen LogP contribution in [0, 0.1) is 17.7 Å². The quantitative estimate of drug-likeness (QED) is 0.596. The standard InChI is InChI=1S/C24H28F4N6O3/c1-12-20-30-32-23(24(26,27)28)34(20)19(37-2)11-33(12)22(36)16-9-13(7-8-17(16)25)10-18-14-5-3-4-6-15(14)21(35)31-29-18/h7-9,12,14-15,18-19,29H,3-6,10-11H2,1-2H3,(H,31,35). The molecule has 3 aliphatic rings. The van der Waals surface area contributed by atoms with E-state index in [1.165, 1.54) is 31.1 Å². The topological polar surface area (TPSA) is 101 Å². The molecule has 1 aliphatic carbocycles. The van der Waals surface area contributed by atoms with Crippen LogP contribution >= 0.6 is 0 Å². The number of amides is 2. The van der Waals surface area contributed by atoms with Gasteiger partial charge in [-0.3, -0.25) is 19.6 Å². The third-order valence-electron chi connectivity index (χ3n) is 7.76. The number of methoxy groups -OCH3 is 1. The van der Waals surface area contributed by atoms with Crippen LogP contribution in [0.1, 0.15) is 72.4 Å². The summed E-state index contributed by atoms with van der Waals surface area (Å²) in [4.78, 5) is 27.0. The Bertz CT molecular complexity index is 1200. The fourth-order valence-corrected chi connectivity index (χ4v) is 5.86.